The van der Waals surface area contributed by atoms with E-state index in [9.17, 15) is 14.4 Å². The van der Waals surface area contributed by atoms with Gasteiger partial charge >= 0.3 is 5.97 Å². The number of carbonyl (C=O) groups is 3. The molecule has 1 atom stereocenters. The Morgan fingerprint density at radius 2 is 2.16 bits per heavy atom. The molecule has 1 unspecified atom stereocenters. The fraction of sp³-hybridized carbons (Fsp3) is 0.364. The van der Waals surface area contributed by atoms with E-state index >= 15 is 0 Å². The average molecular weight is 349 g/mol. The standard InChI is InChI=1S/C11H13BrN2O4S/c1-5-4-7(19-9(5)12)10(16)14-6(11(17)18)2-3-8(13)15/h4,6H,2-3H2,1H3,(H2,13,15)(H,14,16)(H,17,18). The number of carboxylic acid groups (broad SMARTS) is 1. The van der Waals surface area contributed by atoms with Gasteiger partial charge in [0.05, 0.1) is 8.66 Å². The summed E-state index contributed by atoms with van der Waals surface area (Å²) in [5, 5.41) is 11.3. The Kier molecular flexibility index (Phi) is 5.49. The van der Waals surface area contributed by atoms with E-state index in [0.29, 0.717) is 4.88 Å². The Balaban J connectivity index is 2.71. The van der Waals surface area contributed by atoms with Gasteiger partial charge in [0.15, 0.2) is 0 Å². The van der Waals surface area contributed by atoms with E-state index < -0.39 is 23.8 Å². The molecule has 0 aromatic carbocycles. The number of nitrogens with two attached hydrogens (primary N) is 1. The number of aliphatic carboxylic acids is 1. The minimum atomic E-state index is -1.19. The molecule has 0 aliphatic carbocycles. The van der Waals surface area contributed by atoms with Gasteiger partial charge in [-0.15, -0.1) is 11.3 Å². The van der Waals surface area contributed by atoms with E-state index in [0.717, 1.165) is 9.35 Å². The summed E-state index contributed by atoms with van der Waals surface area (Å²) < 4.78 is 0.821. The summed E-state index contributed by atoms with van der Waals surface area (Å²) >= 11 is 4.51. The molecule has 0 saturated heterocycles. The quantitative estimate of drug-likeness (QED) is 0.718. The molecule has 1 aromatic heterocycles. The van der Waals surface area contributed by atoms with E-state index in [4.69, 9.17) is 10.8 Å². The second-order valence-corrected chi connectivity index (χ2v) is 6.31. The maximum Gasteiger partial charge on any atom is 0.326 e. The minimum absolute atomic E-state index is 0.0259. The molecule has 2 amide bonds. The summed E-state index contributed by atoms with van der Waals surface area (Å²) in [6, 6.07) is 0.540. The van der Waals surface area contributed by atoms with Crippen LogP contribution in [0, 0.1) is 6.92 Å². The minimum Gasteiger partial charge on any atom is -0.480 e. The van der Waals surface area contributed by atoms with Crippen molar-refractivity contribution in [2.24, 2.45) is 5.73 Å². The van der Waals surface area contributed by atoms with E-state index in [2.05, 4.69) is 21.2 Å². The largest absolute Gasteiger partial charge is 0.480 e. The number of hydrogen-bond acceptors (Lipinski definition) is 4. The number of rotatable bonds is 6. The molecular weight excluding hydrogens is 336 g/mol. The molecule has 0 bridgehead atoms. The van der Waals surface area contributed by atoms with Gasteiger partial charge in [-0.25, -0.2) is 4.79 Å². The molecule has 1 aromatic rings. The molecule has 104 valence electrons. The highest BCUT2D eigenvalue weighted by atomic mass is 79.9. The number of primary amides is 1. The van der Waals surface area contributed by atoms with E-state index in [1.54, 1.807) is 6.07 Å². The van der Waals surface area contributed by atoms with Crippen molar-refractivity contribution >= 4 is 45.1 Å². The average Bonchev–Trinajstić information content (AvgIpc) is 2.64. The lowest BCUT2D eigenvalue weighted by Crippen LogP contribution is -2.41. The molecule has 8 heteroatoms. The SMILES string of the molecule is Cc1cc(C(=O)NC(CCC(N)=O)C(=O)O)sc1Br. The molecule has 6 nitrogen and oxygen atoms in total. The van der Waals surface area contributed by atoms with Crippen LogP contribution in [-0.2, 0) is 9.59 Å². The summed E-state index contributed by atoms with van der Waals surface area (Å²) in [5.41, 5.74) is 5.86. The number of carboxylic acids is 1. The van der Waals surface area contributed by atoms with Crippen molar-refractivity contribution in [3.8, 4) is 0 Å². The normalized spacial score (nSPS) is 11.9. The molecule has 0 radical (unpaired) electrons. The van der Waals surface area contributed by atoms with Crippen LogP contribution in [0.4, 0.5) is 0 Å². The van der Waals surface area contributed by atoms with Crippen molar-refractivity contribution < 1.29 is 19.5 Å². The van der Waals surface area contributed by atoms with Gasteiger partial charge in [0, 0.05) is 6.42 Å². The van der Waals surface area contributed by atoms with Gasteiger partial charge in [-0.2, -0.15) is 0 Å². The molecule has 19 heavy (non-hydrogen) atoms. The third-order valence-corrected chi connectivity index (χ3v) is 4.50. The second-order valence-electron chi connectivity index (χ2n) is 3.94. The van der Waals surface area contributed by atoms with Crippen molar-refractivity contribution in [3.63, 3.8) is 0 Å². The molecule has 0 aliphatic heterocycles. The summed E-state index contributed by atoms with van der Waals surface area (Å²) in [5.74, 6) is -2.27. The number of hydrogen-bond donors (Lipinski definition) is 3. The van der Waals surface area contributed by atoms with Crippen LogP contribution in [0.1, 0.15) is 28.1 Å². The zero-order valence-electron chi connectivity index (χ0n) is 10.1. The Bertz CT molecular complexity index is 495. The lowest BCUT2D eigenvalue weighted by molar-refractivity contribution is -0.139. The summed E-state index contributed by atoms with van der Waals surface area (Å²) in [6.07, 6.45) is -0.119. The summed E-state index contributed by atoms with van der Waals surface area (Å²) in [7, 11) is 0. The number of halogens is 1. The van der Waals surface area contributed by atoms with Gasteiger partial charge in [-0.1, -0.05) is 0 Å². The second kappa shape index (κ2) is 6.67. The lowest BCUT2D eigenvalue weighted by Gasteiger charge is -2.12. The zero-order chi connectivity index (χ0) is 14.6. The topological polar surface area (TPSA) is 109 Å². The van der Waals surface area contributed by atoms with Gasteiger partial charge in [0.1, 0.15) is 6.04 Å². The fourth-order valence-electron chi connectivity index (χ4n) is 1.35. The smallest absolute Gasteiger partial charge is 0.326 e. The molecule has 1 rings (SSSR count). The maximum absolute atomic E-state index is 11.9. The first-order valence-electron chi connectivity index (χ1n) is 5.39. The van der Waals surface area contributed by atoms with Crippen molar-refractivity contribution in [2.75, 3.05) is 0 Å². The number of nitrogens with one attached hydrogen (secondary N) is 1. The first-order chi connectivity index (χ1) is 8.81. The fourth-order valence-corrected chi connectivity index (χ4v) is 2.78. The van der Waals surface area contributed by atoms with Crippen LogP contribution in [0.3, 0.4) is 0 Å². The van der Waals surface area contributed by atoms with Crippen LogP contribution in [-0.4, -0.2) is 28.9 Å². The monoisotopic (exact) mass is 348 g/mol. The lowest BCUT2D eigenvalue weighted by atomic mass is 10.1. The Hall–Kier alpha value is -1.41. The molecule has 4 N–H and O–H groups in total. The van der Waals surface area contributed by atoms with Crippen molar-refractivity contribution in [1.29, 1.82) is 0 Å². The predicted octanol–water partition coefficient (Wildman–Crippen LogP) is 1.27. The number of aryl methyl sites for hydroxylation is 1. The predicted molar refractivity (Wildman–Crippen MR) is 74.1 cm³/mol. The van der Waals surface area contributed by atoms with Crippen LogP contribution in [0.15, 0.2) is 9.85 Å². The van der Waals surface area contributed by atoms with Crippen LogP contribution < -0.4 is 11.1 Å². The van der Waals surface area contributed by atoms with Crippen LogP contribution in [0.5, 0.6) is 0 Å². The molecule has 0 spiro atoms. The van der Waals surface area contributed by atoms with Crippen LogP contribution in [0.2, 0.25) is 0 Å². The number of carbonyl (C=O) groups excluding carboxylic acids is 2. The third kappa shape index (κ3) is 4.64. The summed E-state index contributed by atoms with van der Waals surface area (Å²) in [6.45, 7) is 1.83. The van der Waals surface area contributed by atoms with E-state index in [1.165, 1.54) is 11.3 Å². The van der Waals surface area contributed by atoms with Gasteiger partial charge in [0.2, 0.25) is 5.91 Å². The van der Waals surface area contributed by atoms with Gasteiger partial charge in [-0.3, -0.25) is 9.59 Å². The van der Waals surface area contributed by atoms with Gasteiger partial charge in [0.25, 0.3) is 5.91 Å². The van der Waals surface area contributed by atoms with E-state index in [1.807, 2.05) is 6.92 Å². The van der Waals surface area contributed by atoms with Crippen molar-refractivity contribution in [2.45, 2.75) is 25.8 Å². The molecule has 0 fully saturated rings. The molecule has 0 saturated carbocycles. The Morgan fingerprint density at radius 3 is 2.58 bits per heavy atom. The Morgan fingerprint density at radius 1 is 1.53 bits per heavy atom. The van der Waals surface area contributed by atoms with Crippen molar-refractivity contribution in [3.05, 3.63) is 20.3 Å². The molecular formula is C11H13BrN2O4S. The third-order valence-electron chi connectivity index (χ3n) is 2.36. The maximum atomic E-state index is 11.9. The first kappa shape index (κ1) is 15.6. The van der Waals surface area contributed by atoms with Crippen molar-refractivity contribution in [1.82, 2.24) is 5.32 Å². The van der Waals surface area contributed by atoms with E-state index in [-0.39, 0.29) is 12.8 Å². The molecule has 1 heterocycles. The highest BCUT2D eigenvalue weighted by Gasteiger charge is 2.22. The number of amides is 2. The zero-order valence-corrected chi connectivity index (χ0v) is 12.5. The number of thiophene rings is 1. The molecule has 0 aliphatic rings. The van der Waals surface area contributed by atoms with Crippen LogP contribution >= 0.6 is 27.3 Å². The van der Waals surface area contributed by atoms with Gasteiger partial charge < -0.3 is 16.2 Å². The first-order valence-corrected chi connectivity index (χ1v) is 7.00. The Labute approximate surface area is 122 Å². The highest BCUT2D eigenvalue weighted by molar-refractivity contribution is 9.11. The van der Waals surface area contributed by atoms with Crippen LogP contribution in [0.25, 0.3) is 0 Å². The highest BCUT2D eigenvalue weighted by Crippen LogP contribution is 2.27. The van der Waals surface area contributed by atoms with Gasteiger partial charge in [-0.05, 0) is 40.9 Å². The summed E-state index contributed by atoms with van der Waals surface area (Å²) in [4.78, 5) is 33.9.